The molecule has 0 aromatic heterocycles. The summed E-state index contributed by atoms with van der Waals surface area (Å²) in [6.45, 7) is 0.642. The van der Waals surface area contributed by atoms with Crippen molar-refractivity contribution in [1.29, 1.82) is 0 Å². The van der Waals surface area contributed by atoms with Crippen LogP contribution in [0.1, 0.15) is 12.0 Å². The standard InChI is InChI=1S/C16H23N2O4/c1-22-10-9-18-16(21)14(15(17)20)11-13(19)8-7-12-5-3-2-4-6-12/h2-6,8,13-14,19H,7,9-11H2,1H3,(H2,17,20)(H,18,21)/t13-,14+/m0/s1. The van der Waals surface area contributed by atoms with Crippen LogP contribution >= 0.6 is 0 Å². The maximum absolute atomic E-state index is 11.9. The van der Waals surface area contributed by atoms with Crippen LogP contribution in [0.15, 0.2) is 30.3 Å². The molecule has 2 atom stereocenters. The zero-order valence-electron chi connectivity index (χ0n) is 12.7. The van der Waals surface area contributed by atoms with Gasteiger partial charge in [0.25, 0.3) is 0 Å². The summed E-state index contributed by atoms with van der Waals surface area (Å²) in [6.07, 6.45) is 1.30. The van der Waals surface area contributed by atoms with Crippen LogP contribution in [0.3, 0.4) is 0 Å². The van der Waals surface area contributed by atoms with Crippen molar-refractivity contribution in [2.45, 2.75) is 18.9 Å². The topological polar surface area (TPSA) is 102 Å². The molecule has 0 spiro atoms. The highest BCUT2D eigenvalue weighted by Gasteiger charge is 2.26. The number of nitrogens with one attached hydrogen (secondary N) is 1. The average Bonchev–Trinajstić information content (AvgIpc) is 2.51. The van der Waals surface area contributed by atoms with Gasteiger partial charge in [0.15, 0.2) is 0 Å². The number of hydrogen-bond donors (Lipinski definition) is 3. The van der Waals surface area contributed by atoms with Gasteiger partial charge in [-0.3, -0.25) is 9.59 Å². The minimum atomic E-state index is -1.06. The first-order chi connectivity index (χ1) is 10.5. The summed E-state index contributed by atoms with van der Waals surface area (Å²) in [5.74, 6) is -2.29. The molecule has 0 aliphatic heterocycles. The van der Waals surface area contributed by atoms with Crippen molar-refractivity contribution in [1.82, 2.24) is 5.32 Å². The first-order valence-corrected chi connectivity index (χ1v) is 7.16. The van der Waals surface area contributed by atoms with Crippen LogP contribution in [0.25, 0.3) is 0 Å². The maximum atomic E-state index is 11.9. The molecule has 6 nitrogen and oxygen atoms in total. The van der Waals surface area contributed by atoms with E-state index in [1.165, 1.54) is 7.11 Å². The van der Waals surface area contributed by atoms with E-state index < -0.39 is 23.8 Å². The zero-order chi connectivity index (χ0) is 16.4. The quantitative estimate of drug-likeness (QED) is 0.420. The highest BCUT2D eigenvalue weighted by molar-refractivity contribution is 5.99. The largest absolute Gasteiger partial charge is 0.393 e. The van der Waals surface area contributed by atoms with Crippen LogP contribution in [0.5, 0.6) is 0 Å². The Bertz CT molecular complexity index is 464. The molecule has 0 aliphatic carbocycles. The fraction of sp³-hybridized carbons (Fsp3) is 0.438. The van der Waals surface area contributed by atoms with Crippen molar-refractivity contribution in [3.63, 3.8) is 0 Å². The number of carbonyl (C=O) groups is 2. The lowest BCUT2D eigenvalue weighted by atomic mass is 9.96. The van der Waals surface area contributed by atoms with Gasteiger partial charge in [-0.2, -0.15) is 0 Å². The highest BCUT2D eigenvalue weighted by Crippen LogP contribution is 2.12. The maximum Gasteiger partial charge on any atom is 0.232 e. The molecule has 1 aromatic carbocycles. The fourth-order valence-corrected chi connectivity index (χ4v) is 1.98. The Morgan fingerprint density at radius 3 is 2.64 bits per heavy atom. The number of rotatable bonds is 10. The SMILES string of the molecule is COCCNC(=O)[C@H](C[C@@H](O)[CH]Cc1ccccc1)C(N)=O. The normalized spacial score (nSPS) is 13.4. The Morgan fingerprint density at radius 2 is 2.05 bits per heavy atom. The van der Waals surface area contributed by atoms with E-state index in [0.29, 0.717) is 19.6 Å². The number of primary amides is 1. The molecule has 22 heavy (non-hydrogen) atoms. The van der Waals surface area contributed by atoms with Gasteiger partial charge in [0, 0.05) is 13.7 Å². The number of methoxy groups -OCH3 is 1. The lowest BCUT2D eigenvalue weighted by Crippen LogP contribution is -2.41. The number of carbonyl (C=O) groups excluding carboxylic acids is 2. The van der Waals surface area contributed by atoms with Gasteiger partial charge in [-0.05, 0) is 24.8 Å². The molecule has 0 saturated heterocycles. The van der Waals surface area contributed by atoms with E-state index >= 15 is 0 Å². The first-order valence-electron chi connectivity index (χ1n) is 7.16. The molecule has 6 heteroatoms. The summed E-state index contributed by atoms with van der Waals surface area (Å²) in [5, 5.41) is 12.5. The predicted octanol–water partition coefficient (Wildman–Crippen LogP) is 0.0485. The smallest absolute Gasteiger partial charge is 0.232 e. The molecule has 0 unspecified atom stereocenters. The van der Waals surface area contributed by atoms with Crippen molar-refractivity contribution < 1.29 is 19.4 Å². The number of amides is 2. The summed E-state index contributed by atoms with van der Waals surface area (Å²) >= 11 is 0. The second-order valence-electron chi connectivity index (χ2n) is 4.97. The third kappa shape index (κ3) is 6.69. The summed E-state index contributed by atoms with van der Waals surface area (Å²) in [5.41, 5.74) is 6.28. The second kappa shape index (κ2) is 9.92. The lowest BCUT2D eigenvalue weighted by molar-refractivity contribution is -0.134. The highest BCUT2D eigenvalue weighted by atomic mass is 16.5. The summed E-state index contributed by atoms with van der Waals surface area (Å²) < 4.78 is 4.81. The van der Waals surface area contributed by atoms with E-state index in [0.717, 1.165) is 5.56 Å². The monoisotopic (exact) mass is 307 g/mol. The van der Waals surface area contributed by atoms with Gasteiger partial charge in [0.05, 0.1) is 12.7 Å². The third-order valence-corrected chi connectivity index (χ3v) is 3.21. The van der Waals surface area contributed by atoms with E-state index in [1.54, 1.807) is 6.42 Å². The molecule has 1 aromatic rings. The van der Waals surface area contributed by atoms with Crippen LogP contribution in [0, 0.1) is 12.3 Å². The van der Waals surface area contributed by atoms with E-state index in [9.17, 15) is 14.7 Å². The zero-order valence-corrected chi connectivity index (χ0v) is 12.7. The molecule has 2 amide bonds. The summed E-state index contributed by atoms with van der Waals surface area (Å²) in [4.78, 5) is 23.3. The molecule has 1 radical (unpaired) electrons. The molecular weight excluding hydrogens is 284 g/mol. The Kier molecular flexibility index (Phi) is 8.17. The molecule has 0 fully saturated rings. The third-order valence-electron chi connectivity index (χ3n) is 3.21. The fourth-order valence-electron chi connectivity index (χ4n) is 1.98. The van der Waals surface area contributed by atoms with Gasteiger partial charge in [-0.1, -0.05) is 30.3 Å². The van der Waals surface area contributed by atoms with Crippen LogP contribution in [0.4, 0.5) is 0 Å². The van der Waals surface area contributed by atoms with Crippen molar-refractivity contribution >= 4 is 11.8 Å². The van der Waals surface area contributed by atoms with E-state index in [1.807, 2.05) is 30.3 Å². The van der Waals surface area contributed by atoms with Gasteiger partial charge in [-0.15, -0.1) is 0 Å². The lowest BCUT2D eigenvalue weighted by Gasteiger charge is -2.17. The first kappa shape index (κ1) is 18.1. The molecule has 0 heterocycles. The van der Waals surface area contributed by atoms with Crippen LogP contribution in [-0.4, -0.2) is 43.3 Å². The number of hydrogen-bond acceptors (Lipinski definition) is 4. The number of aliphatic hydroxyl groups is 1. The summed E-state index contributed by atoms with van der Waals surface area (Å²) in [7, 11) is 1.51. The minimum Gasteiger partial charge on any atom is -0.393 e. The van der Waals surface area contributed by atoms with E-state index in [-0.39, 0.29) is 6.42 Å². The molecule has 0 saturated carbocycles. The van der Waals surface area contributed by atoms with E-state index in [4.69, 9.17) is 10.5 Å². The van der Waals surface area contributed by atoms with Crippen LogP contribution in [0.2, 0.25) is 0 Å². The Morgan fingerprint density at radius 1 is 1.36 bits per heavy atom. The Labute approximate surface area is 130 Å². The Hall–Kier alpha value is -1.92. The van der Waals surface area contributed by atoms with Crippen LogP contribution < -0.4 is 11.1 Å². The van der Waals surface area contributed by atoms with Gasteiger partial charge < -0.3 is 20.9 Å². The molecule has 0 bridgehead atoms. The van der Waals surface area contributed by atoms with Gasteiger partial charge in [-0.25, -0.2) is 0 Å². The van der Waals surface area contributed by atoms with Gasteiger partial charge in [0.1, 0.15) is 5.92 Å². The van der Waals surface area contributed by atoms with Crippen molar-refractivity contribution in [3.05, 3.63) is 42.3 Å². The number of nitrogens with two attached hydrogens (primary N) is 1. The number of benzene rings is 1. The minimum absolute atomic E-state index is 0.0268. The predicted molar refractivity (Wildman–Crippen MR) is 82.6 cm³/mol. The van der Waals surface area contributed by atoms with E-state index in [2.05, 4.69) is 5.32 Å². The van der Waals surface area contributed by atoms with Crippen LogP contribution in [-0.2, 0) is 20.7 Å². The molecule has 0 aliphatic rings. The van der Waals surface area contributed by atoms with Gasteiger partial charge in [0.2, 0.25) is 11.8 Å². The summed E-state index contributed by atoms with van der Waals surface area (Å²) in [6, 6.07) is 9.60. The molecule has 121 valence electrons. The van der Waals surface area contributed by atoms with Crippen molar-refractivity contribution in [2.75, 3.05) is 20.3 Å². The van der Waals surface area contributed by atoms with Crippen molar-refractivity contribution in [2.24, 2.45) is 11.7 Å². The van der Waals surface area contributed by atoms with Crippen molar-refractivity contribution in [3.8, 4) is 0 Å². The number of aliphatic hydroxyl groups excluding tert-OH is 1. The molecule has 1 rings (SSSR count). The Balaban J connectivity index is 2.44. The number of ether oxygens (including phenoxy) is 1. The van der Waals surface area contributed by atoms with Gasteiger partial charge >= 0.3 is 0 Å². The average molecular weight is 307 g/mol. The second-order valence-corrected chi connectivity index (χ2v) is 4.97. The molecule has 4 N–H and O–H groups in total. The molecular formula is C16H23N2O4.